The van der Waals surface area contributed by atoms with Crippen molar-refractivity contribution in [3.05, 3.63) is 11.2 Å². The number of hydrogen-bond acceptors (Lipinski definition) is 5. The molecule has 1 atom stereocenters. The van der Waals surface area contributed by atoms with Gasteiger partial charge in [-0.2, -0.15) is 0 Å². The van der Waals surface area contributed by atoms with Gasteiger partial charge in [-0.1, -0.05) is 0 Å². The van der Waals surface area contributed by atoms with Crippen molar-refractivity contribution in [3.63, 3.8) is 0 Å². The summed E-state index contributed by atoms with van der Waals surface area (Å²) < 4.78 is 18.0. The van der Waals surface area contributed by atoms with Gasteiger partial charge in [0.2, 0.25) is 0 Å². The second kappa shape index (κ2) is 3.12. The molecule has 0 saturated heterocycles. The monoisotopic (exact) mass is 206 g/mol. The highest BCUT2D eigenvalue weighted by molar-refractivity contribution is 7.76. The van der Waals surface area contributed by atoms with E-state index in [1.807, 2.05) is 0 Å². The van der Waals surface area contributed by atoms with Gasteiger partial charge in [0.1, 0.15) is 14.8 Å². The highest BCUT2D eigenvalue weighted by atomic mass is 32.2. The molecule has 1 heterocycles. The van der Waals surface area contributed by atoms with E-state index in [1.165, 1.54) is 6.20 Å². The van der Waals surface area contributed by atoms with Gasteiger partial charge in [-0.05, 0) is 13.8 Å². The normalized spacial score (nSPS) is 14.6. The molecule has 0 amide bonds. The van der Waals surface area contributed by atoms with Crippen molar-refractivity contribution in [1.29, 1.82) is 4.78 Å². The average molecular weight is 206 g/mol. The van der Waals surface area contributed by atoms with Crippen LogP contribution in [0.5, 0.6) is 0 Å². The summed E-state index contributed by atoms with van der Waals surface area (Å²) >= 11 is 1.12. The molecular weight excluding hydrogens is 196 g/mol. The van der Waals surface area contributed by atoms with Gasteiger partial charge in [-0.15, -0.1) is 11.3 Å². The molecule has 0 radical (unpaired) electrons. The molecule has 0 spiro atoms. The first kappa shape index (κ1) is 9.63. The number of thiazole rings is 1. The fourth-order valence-corrected chi connectivity index (χ4v) is 2.05. The quantitative estimate of drug-likeness (QED) is 0.631. The molecule has 0 fully saturated rings. The van der Waals surface area contributed by atoms with Gasteiger partial charge in [0.05, 0.1) is 16.8 Å². The summed E-state index contributed by atoms with van der Waals surface area (Å²) in [6.45, 7) is 3.21. The largest absolute Gasteiger partial charge is 0.383 e. The van der Waals surface area contributed by atoms with Crippen molar-refractivity contribution in [1.82, 2.24) is 4.98 Å². The SMILES string of the molecule is CC(C)(O)c1ncc([SH](=N)=O)s1. The maximum absolute atomic E-state index is 10.7. The van der Waals surface area contributed by atoms with Gasteiger partial charge >= 0.3 is 0 Å². The lowest BCUT2D eigenvalue weighted by atomic mass is 10.2. The zero-order chi connectivity index (χ0) is 9.35. The van der Waals surface area contributed by atoms with Crippen LogP contribution in [0.3, 0.4) is 0 Å². The second-order valence-corrected chi connectivity index (χ2v) is 5.26. The highest BCUT2D eigenvalue weighted by Gasteiger charge is 2.20. The van der Waals surface area contributed by atoms with Gasteiger partial charge in [-0.25, -0.2) is 9.19 Å². The van der Waals surface area contributed by atoms with Crippen molar-refractivity contribution in [3.8, 4) is 0 Å². The van der Waals surface area contributed by atoms with Crippen LogP contribution < -0.4 is 0 Å². The van der Waals surface area contributed by atoms with Crippen molar-refractivity contribution < 1.29 is 9.32 Å². The molecule has 0 bridgehead atoms. The molecule has 1 aromatic rings. The van der Waals surface area contributed by atoms with Gasteiger partial charge in [0, 0.05) is 0 Å². The number of aliphatic hydroxyl groups is 1. The number of thiol groups is 1. The number of nitrogens with one attached hydrogen (secondary N) is 1. The summed E-state index contributed by atoms with van der Waals surface area (Å²) in [4.78, 5) is 3.87. The molecule has 0 aliphatic carbocycles. The Kier molecular flexibility index (Phi) is 2.50. The van der Waals surface area contributed by atoms with Crippen molar-refractivity contribution in [2.45, 2.75) is 23.7 Å². The molecule has 6 heteroatoms. The fraction of sp³-hybridized carbons (Fsp3) is 0.500. The molecule has 2 N–H and O–H groups in total. The molecule has 4 nitrogen and oxygen atoms in total. The molecule has 12 heavy (non-hydrogen) atoms. The summed E-state index contributed by atoms with van der Waals surface area (Å²) in [6.07, 6.45) is 1.38. The van der Waals surface area contributed by atoms with Crippen LogP contribution in [0.15, 0.2) is 10.4 Å². The molecule has 0 aromatic carbocycles. The molecular formula is C6H10N2O2S2. The van der Waals surface area contributed by atoms with E-state index in [0.29, 0.717) is 9.22 Å². The van der Waals surface area contributed by atoms with Crippen LogP contribution in [-0.4, -0.2) is 14.3 Å². The van der Waals surface area contributed by atoms with Gasteiger partial charge in [-0.3, -0.25) is 4.78 Å². The predicted octanol–water partition coefficient (Wildman–Crippen LogP) is 0.973. The van der Waals surface area contributed by atoms with E-state index in [-0.39, 0.29) is 0 Å². The summed E-state index contributed by atoms with van der Waals surface area (Å²) in [5.74, 6) is 0. The second-order valence-electron chi connectivity index (χ2n) is 2.86. The summed E-state index contributed by atoms with van der Waals surface area (Å²) in [6, 6.07) is 0. The van der Waals surface area contributed by atoms with E-state index in [9.17, 15) is 9.32 Å². The summed E-state index contributed by atoms with van der Waals surface area (Å²) in [5.41, 5.74) is -1.01. The Morgan fingerprint density at radius 3 is 2.58 bits per heavy atom. The van der Waals surface area contributed by atoms with Crippen LogP contribution in [0.2, 0.25) is 0 Å². The van der Waals surface area contributed by atoms with E-state index in [4.69, 9.17) is 4.78 Å². The Balaban J connectivity index is 3.08. The van der Waals surface area contributed by atoms with Gasteiger partial charge in [0.15, 0.2) is 0 Å². The Hall–Kier alpha value is -0.460. The third kappa shape index (κ3) is 2.02. The summed E-state index contributed by atoms with van der Waals surface area (Å²) in [7, 11) is -2.08. The summed E-state index contributed by atoms with van der Waals surface area (Å²) in [5, 5.41) is 9.97. The molecule has 68 valence electrons. The van der Waals surface area contributed by atoms with Gasteiger partial charge < -0.3 is 5.11 Å². The first-order valence-corrected chi connectivity index (χ1v) is 5.36. The zero-order valence-corrected chi connectivity index (χ0v) is 8.45. The highest BCUT2D eigenvalue weighted by Crippen LogP contribution is 2.25. The average Bonchev–Trinajstić information content (AvgIpc) is 2.30. The maximum Gasteiger partial charge on any atom is 0.125 e. The first-order chi connectivity index (χ1) is 5.41. The topological polar surface area (TPSA) is 74.0 Å². The van der Waals surface area contributed by atoms with Crippen LogP contribution in [0.1, 0.15) is 18.9 Å². The van der Waals surface area contributed by atoms with Crippen molar-refractivity contribution in [2.75, 3.05) is 0 Å². The maximum atomic E-state index is 10.7. The lowest BCUT2D eigenvalue weighted by molar-refractivity contribution is 0.0783. The lowest BCUT2D eigenvalue weighted by Gasteiger charge is -2.11. The lowest BCUT2D eigenvalue weighted by Crippen LogP contribution is -2.14. The number of nitrogens with zero attached hydrogens (tertiary/aromatic N) is 1. The van der Waals surface area contributed by atoms with Crippen LogP contribution in [-0.2, 0) is 16.2 Å². The van der Waals surface area contributed by atoms with E-state index in [2.05, 4.69) is 4.98 Å². The van der Waals surface area contributed by atoms with E-state index in [1.54, 1.807) is 13.8 Å². The van der Waals surface area contributed by atoms with Crippen LogP contribution in [0, 0.1) is 4.78 Å². The van der Waals surface area contributed by atoms with Crippen LogP contribution in [0.4, 0.5) is 0 Å². The fourth-order valence-electron chi connectivity index (χ4n) is 0.642. The molecule has 1 aromatic heterocycles. The van der Waals surface area contributed by atoms with Crippen molar-refractivity contribution >= 4 is 21.9 Å². The minimum absolute atomic E-state index is 0.405. The van der Waals surface area contributed by atoms with Crippen molar-refractivity contribution in [2.24, 2.45) is 0 Å². The molecule has 0 aliphatic heterocycles. The Labute approximate surface area is 76.3 Å². The van der Waals surface area contributed by atoms with E-state index in [0.717, 1.165) is 11.3 Å². The smallest absolute Gasteiger partial charge is 0.125 e. The molecule has 1 unspecified atom stereocenters. The molecule has 1 rings (SSSR count). The number of rotatable bonds is 2. The van der Waals surface area contributed by atoms with Crippen LogP contribution in [0.25, 0.3) is 0 Å². The third-order valence-electron chi connectivity index (χ3n) is 1.22. The number of aromatic nitrogens is 1. The molecule has 0 saturated carbocycles. The third-order valence-corrected chi connectivity index (χ3v) is 3.62. The Morgan fingerprint density at radius 2 is 2.33 bits per heavy atom. The van der Waals surface area contributed by atoms with E-state index < -0.39 is 16.2 Å². The number of hydrogen-bond donors (Lipinski definition) is 3. The predicted molar refractivity (Wildman–Crippen MR) is 47.9 cm³/mol. The Morgan fingerprint density at radius 1 is 1.75 bits per heavy atom. The minimum Gasteiger partial charge on any atom is -0.383 e. The Bertz CT molecular complexity index is 341. The standard InChI is InChI=1S/C6H10N2O2S2/c1-6(2,9)5-8-3-4(11-5)12(7)10/h3,7,9,12H,1-2H3. The minimum atomic E-state index is -2.08. The van der Waals surface area contributed by atoms with Gasteiger partial charge in [0.25, 0.3) is 0 Å². The zero-order valence-electron chi connectivity index (χ0n) is 6.74. The molecule has 0 aliphatic rings. The first-order valence-electron chi connectivity index (χ1n) is 3.28. The van der Waals surface area contributed by atoms with E-state index >= 15 is 0 Å². The van der Waals surface area contributed by atoms with Crippen LogP contribution >= 0.6 is 11.3 Å².